The minimum absolute atomic E-state index is 0.261. The van der Waals surface area contributed by atoms with Gasteiger partial charge in [0.1, 0.15) is 0 Å². The second-order valence-corrected chi connectivity index (χ2v) is 8.04. The number of benzene rings is 1. The number of hydrogen-bond acceptors (Lipinski definition) is 3. The summed E-state index contributed by atoms with van der Waals surface area (Å²) in [5.41, 5.74) is 2.26. The summed E-state index contributed by atoms with van der Waals surface area (Å²) in [6.07, 6.45) is 12.2. The van der Waals surface area contributed by atoms with Crippen LogP contribution in [0, 0.1) is 12.8 Å². The standard InChI is InChI=1S/C21H30O3/c1-15-10-11-17(14-18(22)16-8-4-2-5-9-16)20-19(15)23-21(24-20)12-6-3-7-13-21/h10-11,16,18,22H,2-9,12-14H2,1H3. The summed E-state index contributed by atoms with van der Waals surface area (Å²) in [6, 6.07) is 4.25. The molecule has 24 heavy (non-hydrogen) atoms. The van der Waals surface area contributed by atoms with Crippen LogP contribution in [0.2, 0.25) is 0 Å². The Morgan fingerprint density at radius 2 is 1.67 bits per heavy atom. The average molecular weight is 330 g/mol. The Bertz CT molecular complexity index is 583. The summed E-state index contributed by atoms with van der Waals surface area (Å²) in [6.45, 7) is 2.09. The van der Waals surface area contributed by atoms with Crippen molar-refractivity contribution in [1.29, 1.82) is 0 Å². The van der Waals surface area contributed by atoms with Gasteiger partial charge in [0.2, 0.25) is 0 Å². The monoisotopic (exact) mass is 330 g/mol. The van der Waals surface area contributed by atoms with Crippen LogP contribution >= 0.6 is 0 Å². The molecule has 1 N–H and O–H groups in total. The minimum atomic E-state index is -0.433. The van der Waals surface area contributed by atoms with E-state index >= 15 is 0 Å². The van der Waals surface area contributed by atoms with Crippen molar-refractivity contribution >= 4 is 0 Å². The first kappa shape index (κ1) is 16.3. The quantitative estimate of drug-likeness (QED) is 0.856. The third-order valence-electron chi connectivity index (χ3n) is 6.21. The Kier molecular flexibility index (Phi) is 4.46. The van der Waals surface area contributed by atoms with Gasteiger partial charge in [-0.2, -0.15) is 0 Å². The summed E-state index contributed by atoms with van der Waals surface area (Å²) in [5.74, 6) is 1.84. The Hall–Kier alpha value is -1.22. The highest BCUT2D eigenvalue weighted by Crippen LogP contribution is 2.49. The molecule has 3 heteroatoms. The van der Waals surface area contributed by atoms with Crippen LogP contribution in [-0.4, -0.2) is 17.0 Å². The molecule has 2 aliphatic carbocycles. The molecule has 1 atom stereocenters. The van der Waals surface area contributed by atoms with Crippen LogP contribution in [0.1, 0.15) is 75.3 Å². The zero-order chi connectivity index (χ0) is 16.6. The topological polar surface area (TPSA) is 38.7 Å². The van der Waals surface area contributed by atoms with Gasteiger partial charge in [-0.15, -0.1) is 0 Å². The molecule has 1 spiro atoms. The molecule has 4 rings (SSSR count). The normalized spacial score (nSPS) is 24.2. The number of rotatable bonds is 3. The lowest BCUT2D eigenvalue weighted by molar-refractivity contribution is -0.105. The maximum absolute atomic E-state index is 10.7. The first-order valence-electron chi connectivity index (χ1n) is 9.85. The molecule has 1 unspecified atom stereocenters. The van der Waals surface area contributed by atoms with Crippen LogP contribution < -0.4 is 9.47 Å². The molecule has 0 amide bonds. The molecule has 2 saturated carbocycles. The lowest BCUT2D eigenvalue weighted by Gasteiger charge is -2.31. The number of ether oxygens (including phenoxy) is 2. The van der Waals surface area contributed by atoms with E-state index in [1.54, 1.807) is 0 Å². The fourth-order valence-electron chi connectivity index (χ4n) is 4.70. The van der Waals surface area contributed by atoms with Gasteiger partial charge < -0.3 is 14.6 Å². The molecule has 1 aliphatic heterocycles. The second kappa shape index (κ2) is 6.59. The molecule has 1 aromatic rings. The highest BCUT2D eigenvalue weighted by molar-refractivity contribution is 5.54. The average Bonchev–Trinajstić information content (AvgIpc) is 2.98. The summed E-state index contributed by atoms with van der Waals surface area (Å²) in [4.78, 5) is 0. The van der Waals surface area contributed by atoms with Gasteiger partial charge in [0.05, 0.1) is 6.10 Å². The van der Waals surface area contributed by atoms with Gasteiger partial charge in [-0.1, -0.05) is 37.8 Å². The highest BCUT2D eigenvalue weighted by Gasteiger charge is 2.44. The lowest BCUT2D eigenvalue weighted by Crippen LogP contribution is -2.40. The van der Waals surface area contributed by atoms with Crippen molar-refractivity contribution in [2.75, 3.05) is 0 Å². The van der Waals surface area contributed by atoms with Crippen LogP contribution in [0.3, 0.4) is 0 Å². The van der Waals surface area contributed by atoms with Crippen molar-refractivity contribution in [3.05, 3.63) is 23.3 Å². The van der Waals surface area contributed by atoms with Crippen LogP contribution in [0.15, 0.2) is 12.1 Å². The van der Waals surface area contributed by atoms with Gasteiger partial charge >= 0.3 is 0 Å². The van der Waals surface area contributed by atoms with E-state index in [0.29, 0.717) is 12.3 Å². The van der Waals surface area contributed by atoms with E-state index in [9.17, 15) is 5.11 Å². The Morgan fingerprint density at radius 3 is 2.42 bits per heavy atom. The van der Waals surface area contributed by atoms with E-state index < -0.39 is 5.79 Å². The van der Waals surface area contributed by atoms with E-state index in [1.807, 2.05) is 0 Å². The van der Waals surface area contributed by atoms with E-state index in [2.05, 4.69) is 19.1 Å². The first-order chi connectivity index (χ1) is 11.7. The fourth-order valence-corrected chi connectivity index (χ4v) is 4.70. The Balaban J connectivity index is 1.54. The second-order valence-electron chi connectivity index (χ2n) is 8.04. The SMILES string of the molecule is Cc1ccc(CC(O)C2CCCCC2)c2c1OC1(CCCCC1)O2. The summed E-state index contributed by atoms with van der Waals surface area (Å²) < 4.78 is 12.7. The van der Waals surface area contributed by atoms with Gasteiger partial charge in [-0.3, -0.25) is 0 Å². The van der Waals surface area contributed by atoms with Crippen molar-refractivity contribution in [1.82, 2.24) is 0 Å². The minimum Gasteiger partial charge on any atom is -0.448 e. The van der Waals surface area contributed by atoms with Crippen LogP contribution in [-0.2, 0) is 6.42 Å². The van der Waals surface area contributed by atoms with Crippen molar-refractivity contribution in [3.8, 4) is 11.5 Å². The molecule has 0 bridgehead atoms. The Labute approximate surface area is 145 Å². The molecule has 0 saturated heterocycles. The van der Waals surface area contributed by atoms with E-state index in [-0.39, 0.29) is 6.10 Å². The van der Waals surface area contributed by atoms with Crippen molar-refractivity contribution < 1.29 is 14.6 Å². The molecule has 3 nitrogen and oxygen atoms in total. The number of aliphatic hydroxyl groups is 1. The van der Waals surface area contributed by atoms with Crippen molar-refractivity contribution in [3.63, 3.8) is 0 Å². The van der Waals surface area contributed by atoms with Crippen LogP contribution in [0.25, 0.3) is 0 Å². The molecular weight excluding hydrogens is 300 g/mol. The fraction of sp³-hybridized carbons (Fsp3) is 0.714. The number of aliphatic hydroxyl groups excluding tert-OH is 1. The summed E-state index contributed by atoms with van der Waals surface area (Å²) in [5, 5.41) is 10.7. The third-order valence-corrected chi connectivity index (χ3v) is 6.21. The maximum atomic E-state index is 10.7. The van der Waals surface area contributed by atoms with Crippen LogP contribution in [0.4, 0.5) is 0 Å². The Morgan fingerprint density at radius 1 is 1.00 bits per heavy atom. The predicted molar refractivity (Wildman–Crippen MR) is 94.5 cm³/mol. The smallest absolute Gasteiger partial charge is 0.251 e. The van der Waals surface area contributed by atoms with E-state index in [4.69, 9.17) is 9.47 Å². The van der Waals surface area contributed by atoms with Gasteiger partial charge in [-0.05, 0) is 44.1 Å². The van der Waals surface area contributed by atoms with E-state index in [0.717, 1.165) is 48.3 Å². The number of fused-ring (bicyclic) bond motifs is 1. The van der Waals surface area contributed by atoms with E-state index in [1.165, 1.54) is 38.5 Å². The van der Waals surface area contributed by atoms with Crippen molar-refractivity contribution in [2.24, 2.45) is 5.92 Å². The lowest BCUT2D eigenvalue weighted by atomic mass is 9.83. The number of aryl methyl sites for hydroxylation is 1. The van der Waals surface area contributed by atoms with Crippen molar-refractivity contribution in [2.45, 2.75) is 89.4 Å². The summed E-state index contributed by atoms with van der Waals surface area (Å²) >= 11 is 0. The molecule has 0 radical (unpaired) electrons. The van der Waals surface area contributed by atoms with Gasteiger partial charge in [0, 0.05) is 24.8 Å². The first-order valence-corrected chi connectivity index (χ1v) is 9.85. The molecule has 1 heterocycles. The highest BCUT2D eigenvalue weighted by atomic mass is 16.7. The molecular formula is C21H30O3. The predicted octanol–water partition coefficient (Wildman–Crippen LogP) is 4.91. The van der Waals surface area contributed by atoms with Gasteiger partial charge in [-0.25, -0.2) is 0 Å². The molecule has 132 valence electrons. The van der Waals surface area contributed by atoms with Gasteiger partial charge in [0.25, 0.3) is 5.79 Å². The molecule has 3 aliphatic rings. The molecule has 1 aromatic carbocycles. The summed E-state index contributed by atoms with van der Waals surface area (Å²) in [7, 11) is 0. The zero-order valence-corrected chi connectivity index (χ0v) is 14.9. The molecule has 2 fully saturated rings. The maximum Gasteiger partial charge on any atom is 0.251 e. The zero-order valence-electron chi connectivity index (χ0n) is 14.9. The number of hydrogen-bond donors (Lipinski definition) is 1. The molecule has 0 aromatic heterocycles. The largest absolute Gasteiger partial charge is 0.448 e. The third kappa shape index (κ3) is 3.03. The van der Waals surface area contributed by atoms with Gasteiger partial charge in [0.15, 0.2) is 11.5 Å². The van der Waals surface area contributed by atoms with Crippen LogP contribution in [0.5, 0.6) is 11.5 Å².